The molecule has 0 unspecified atom stereocenters. The van der Waals surface area contributed by atoms with E-state index in [1.807, 2.05) is 6.92 Å². The lowest BCUT2D eigenvalue weighted by molar-refractivity contribution is -0.322. The summed E-state index contributed by atoms with van der Waals surface area (Å²) in [6, 6.07) is 0. The molecule has 1 fully saturated rings. The summed E-state index contributed by atoms with van der Waals surface area (Å²) in [6.07, 6.45) is 1.14. The van der Waals surface area contributed by atoms with Gasteiger partial charge in [0, 0.05) is 35.8 Å². The first kappa shape index (κ1) is 14.7. The van der Waals surface area contributed by atoms with Crippen LogP contribution in [0.2, 0.25) is 0 Å². The summed E-state index contributed by atoms with van der Waals surface area (Å²) in [4.78, 5) is 25.1. The van der Waals surface area contributed by atoms with E-state index in [2.05, 4.69) is 22.6 Å². The van der Waals surface area contributed by atoms with Crippen LogP contribution in [0, 0.1) is 16.7 Å². The third-order valence-corrected chi connectivity index (χ3v) is 6.01. The molecule has 0 radical (unpaired) electrons. The molecular weight excluding hydrogens is 333 g/mol. The molecule has 0 spiro atoms. The number of amides is 1. The minimum atomic E-state index is -1.04. The van der Waals surface area contributed by atoms with Crippen LogP contribution < -0.4 is 5.11 Å². The van der Waals surface area contributed by atoms with Gasteiger partial charge in [-0.3, -0.25) is 4.79 Å². The van der Waals surface area contributed by atoms with Gasteiger partial charge in [-0.25, -0.2) is 0 Å². The molecule has 1 amide bonds. The smallest absolute Gasteiger partial charge is 0.225 e. The van der Waals surface area contributed by atoms with Gasteiger partial charge in [0.1, 0.15) is 0 Å². The van der Waals surface area contributed by atoms with Crippen molar-refractivity contribution in [2.45, 2.75) is 26.7 Å². The average Bonchev–Trinajstić information content (AvgIpc) is 2.53. The highest BCUT2D eigenvalue weighted by molar-refractivity contribution is 14.1. The monoisotopic (exact) mass is 352 g/mol. The van der Waals surface area contributed by atoms with Gasteiger partial charge in [-0.1, -0.05) is 36.4 Å². The van der Waals surface area contributed by atoms with Gasteiger partial charge in [-0.05, 0) is 18.3 Å². The first-order valence-corrected chi connectivity index (χ1v) is 7.22. The summed E-state index contributed by atoms with van der Waals surface area (Å²) in [5.41, 5.74) is -1.45. The number of nitrogens with zero attached hydrogens (tertiary/aromatic N) is 1. The average molecular weight is 352 g/mol. The number of hydrogen-bond donors (Lipinski definition) is 0. The standard InChI is InChI=1S/C12H20INO3/c1-11(10(16)17)6-5-8(9(15)14(3)4)12(11,2)7-13/h8H,5-7H2,1-4H3,(H,16,17)/p-1/t8-,11+,12-/m1/s1. The Bertz CT molecular complexity index is 345. The van der Waals surface area contributed by atoms with E-state index in [1.165, 1.54) is 0 Å². The van der Waals surface area contributed by atoms with Gasteiger partial charge in [0.05, 0.1) is 0 Å². The molecule has 3 atom stereocenters. The molecule has 0 N–H and O–H groups in total. The molecule has 17 heavy (non-hydrogen) atoms. The van der Waals surface area contributed by atoms with Crippen LogP contribution in [0.5, 0.6) is 0 Å². The minimum absolute atomic E-state index is 0.0224. The molecule has 1 aliphatic carbocycles. The maximum Gasteiger partial charge on any atom is 0.225 e. The number of rotatable bonds is 3. The van der Waals surface area contributed by atoms with Crippen LogP contribution in [-0.2, 0) is 9.59 Å². The summed E-state index contributed by atoms with van der Waals surface area (Å²) >= 11 is 2.17. The summed E-state index contributed by atoms with van der Waals surface area (Å²) in [5, 5.41) is 11.4. The van der Waals surface area contributed by atoms with Gasteiger partial charge in [0.25, 0.3) is 0 Å². The van der Waals surface area contributed by atoms with E-state index in [-0.39, 0.29) is 11.8 Å². The summed E-state index contributed by atoms with van der Waals surface area (Å²) in [5.74, 6) is -1.24. The quantitative estimate of drug-likeness (QED) is 0.555. The zero-order chi connectivity index (χ0) is 13.4. The van der Waals surface area contributed by atoms with Gasteiger partial charge < -0.3 is 14.8 Å². The van der Waals surface area contributed by atoms with Crippen molar-refractivity contribution in [3.05, 3.63) is 0 Å². The summed E-state index contributed by atoms with van der Waals surface area (Å²) in [6.45, 7) is 3.61. The number of carbonyl (C=O) groups is 2. The highest BCUT2D eigenvalue weighted by Crippen LogP contribution is 2.57. The van der Waals surface area contributed by atoms with Crippen molar-refractivity contribution in [2.75, 3.05) is 18.5 Å². The molecule has 5 heteroatoms. The zero-order valence-corrected chi connectivity index (χ0v) is 12.9. The molecule has 1 rings (SSSR count). The van der Waals surface area contributed by atoms with Crippen molar-refractivity contribution in [1.29, 1.82) is 0 Å². The number of carboxylic acid groups (broad SMARTS) is 1. The van der Waals surface area contributed by atoms with Gasteiger partial charge in [0.2, 0.25) is 5.91 Å². The van der Waals surface area contributed by atoms with Crippen molar-refractivity contribution >= 4 is 34.5 Å². The lowest BCUT2D eigenvalue weighted by Crippen LogP contribution is -2.52. The Morgan fingerprint density at radius 2 is 1.94 bits per heavy atom. The molecule has 1 saturated carbocycles. The molecule has 4 nitrogen and oxygen atoms in total. The minimum Gasteiger partial charge on any atom is -0.550 e. The van der Waals surface area contributed by atoms with E-state index in [9.17, 15) is 14.7 Å². The number of alkyl halides is 1. The molecule has 1 aliphatic rings. The van der Waals surface area contributed by atoms with Crippen molar-refractivity contribution in [3.63, 3.8) is 0 Å². The van der Waals surface area contributed by atoms with Gasteiger partial charge in [-0.2, -0.15) is 0 Å². The Balaban J connectivity index is 3.15. The molecule has 0 aromatic rings. The van der Waals surface area contributed by atoms with Crippen LogP contribution in [-0.4, -0.2) is 35.3 Å². The van der Waals surface area contributed by atoms with Crippen LogP contribution in [0.4, 0.5) is 0 Å². The van der Waals surface area contributed by atoms with Crippen LogP contribution in [0.3, 0.4) is 0 Å². The third kappa shape index (κ3) is 2.06. The maximum atomic E-state index is 12.1. The molecule has 0 saturated heterocycles. The first-order chi connectivity index (χ1) is 7.70. The SMILES string of the molecule is CN(C)C(=O)[C@H]1CC[C@@](C)(C(=O)[O-])[C@]1(C)CI. The largest absolute Gasteiger partial charge is 0.550 e. The predicted molar refractivity (Wildman–Crippen MR) is 71.5 cm³/mol. The fourth-order valence-electron chi connectivity index (χ4n) is 2.71. The van der Waals surface area contributed by atoms with Gasteiger partial charge in [0.15, 0.2) is 0 Å². The Hall–Kier alpha value is -0.330. The Labute approximate surface area is 116 Å². The predicted octanol–water partition coefficient (Wildman–Crippen LogP) is 0.682. The second kappa shape index (κ2) is 4.74. The number of hydrogen-bond acceptors (Lipinski definition) is 3. The highest BCUT2D eigenvalue weighted by Gasteiger charge is 2.57. The molecule has 98 valence electrons. The van der Waals surface area contributed by atoms with E-state index in [0.717, 1.165) is 0 Å². The fraction of sp³-hybridized carbons (Fsp3) is 0.833. The van der Waals surface area contributed by atoms with Crippen molar-refractivity contribution in [3.8, 4) is 0 Å². The Morgan fingerprint density at radius 1 is 1.41 bits per heavy atom. The Morgan fingerprint density at radius 3 is 2.29 bits per heavy atom. The lowest BCUT2D eigenvalue weighted by Gasteiger charge is -2.44. The first-order valence-electron chi connectivity index (χ1n) is 5.69. The maximum absolute atomic E-state index is 12.1. The molecular formula is C12H19INO3-. The van der Waals surface area contributed by atoms with E-state index in [0.29, 0.717) is 17.3 Å². The molecule has 0 aromatic carbocycles. The fourth-order valence-corrected chi connectivity index (χ4v) is 4.08. The van der Waals surface area contributed by atoms with Crippen LogP contribution in [0.15, 0.2) is 0 Å². The van der Waals surface area contributed by atoms with Gasteiger partial charge >= 0.3 is 0 Å². The number of aliphatic carboxylic acids is 1. The Kier molecular flexibility index (Phi) is 4.11. The number of carbonyl (C=O) groups excluding carboxylic acids is 2. The van der Waals surface area contributed by atoms with E-state index >= 15 is 0 Å². The normalized spacial score (nSPS) is 36.9. The molecule has 0 bridgehead atoms. The van der Waals surface area contributed by atoms with E-state index < -0.39 is 16.8 Å². The lowest BCUT2D eigenvalue weighted by atomic mass is 9.65. The second-order valence-corrected chi connectivity index (χ2v) is 6.26. The number of carboxylic acids is 1. The number of halogens is 1. The summed E-state index contributed by atoms with van der Waals surface area (Å²) < 4.78 is 0.638. The molecule has 0 heterocycles. The van der Waals surface area contributed by atoms with Crippen molar-refractivity contribution in [1.82, 2.24) is 4.90 Å². The third-order valence-electron chi connectivity index (χ3n) is 4.43. The van der Waals surface area contributed by atoms with Gasteiger partial charge in [-0.15, -0.1) is 0 Å². The van der Waals surface area contributed by atoms with Crippen LogP contribution >= 0.6 is 22.6 Å². The van der Waals surface area contributed by atoms with Crippen molar-refractivity contribution < 1.29 is 14.7 Å². The van der Waals surface area contributed by atoms with Crippen LogP contribution in [0.25, 0.3) is 0 Å². The molecule has 0 aliphatic heterocycles. The van der Waals surface area contributed by atoms with Crippen molar-refractivity contribution in [2.24, 2.45) is 16.7 Å². The van der Waals surface area contributed by atoms with E-state index in [4.69, 9.17) is 0 Å². The molecule has 0 aromatic heterocycles. The second-order valence-electron chi connectivity index (χ2n) is 5.49. The zero-order valence-electron chi connectivity index (χ0n) is 10.7. The summed E-state index contributed by atoms with van der Waals surface area (Å²) in [7, 11) is 3.43. The topological polar surface area (TPSA) is 60.4 Å². The van der Waals surface area contributed by atoms with E-state index in [1.54, 1.807) is 25.9 Å². The van der Waals surface area contributed by atoms with Crippen LogP contribution in [0.1, 0.15) is 26.7 Å². The highest BCUT2D eigenvalue weighted by atomic mass is 127.